The third-order valence-corrected chi connectivity index (χ3v) is 4.19. The smallest absolute Gasteiger partial charge is 0.180 e. The van der Waals surface area contributed by atoms with E-state index in [9.17, 15) is 0 Å². The minimum absolute atomic E-state index is 0.0463. The van der Waals surface area contributed by atoms with Crippen molar-refractivity contribution in [1.82, 2.24) is 0 Å². The Labute approximate surface area is 84.8 Å². The first-order chi connectivity index (χ1) is 5.88. The van der Waals surface area contributed by atoms with Gasteiger partial charge in [-0.3, -0.25) is 0 Å². The minimum Gasteiger partial charge on any atom is -0.180 e. The molecular weight excluding hydrogens is 206 g/mol. The summed E-state index contributed by atoms with van der Waals surface area (Å²) < 4.78 is 2.44. The Balaban J connectivity index is 2.27. The lowest BCUT2D eigenvalue weighted by atomic mass is 9.73. The number of hydrogen-bond donors (Lipinski definition) is 0. The van der Waals surface area contributed by atoms with Crippen LogP contribution in [0.4, 0.5) is 0 Å². The summed E-state index contributed by atoms with van der Waals surface area (Å²) in [4.78, 5) is 0. The van der Waals surface area contributed by atoms with Gasteiger partial charge >= 0.3 is 6.13 Å². The van der Waals surface area contributed by atoms with Gasteiger partial charge in [-0.25, -0.2) is 0 Å². The van der Waals surface area contributed by atoms with Gasteiger partial charge in [-0.15, -0.1) is 0 Å². The summed E-state index contributed by atoms with van der Waals surface area (Å²) in [7, 11) is 0. The first kappa shape index (κ1) is 8.36. The molecule has 0 amide bonds. The zero-order valence-corrected chi connectivity index (χ0v) is 8.62. The lowest BCUT2D eigenvalue weighted by Crippen LogP contribution is -2.32. The van der Waals surface area contributed by atoms with Gasteiger partial charge in [0.1, 0.15) is 0 Å². The van der Waals surface area contributed by atoms with Crippen molar-refractivity contribution in [3.63, 3.8) is 0 Å². The Hall–Kier alpha value is -0.245. The molecule has 2 rings (SSSR count). The maximum absolute atomic E-state index is 6.24. The highest BCUT2D eigenvalue weighted by Gasteiger charge is 2.17. The Morgan fingerprint density at radius 3 is 1.83 bits per heavy atom. The van der Waals surface area contributed by atoms with Gasteiger partial charge in [-0.2, -0.15) is 34.1 Å². The Bertz CT molecular complexity index is 294. The summed E-state index contributed by atoms with van der Waals surface area (Å²) in [6.45, 7) is 0. The van der Waals surface area contributed by atoms with Crippen LogP contribution in [0.5, 0.6) is 0 Å². The van der Waals surface area contributed by atoms with Gasteiger partial charge in [0.25, 0.3) is 0 Å². The Kier molecular flexibility index (Phi) is 2.54. The molecule has 0 saturated heterocycles. The summed E-state index contributed by atoms with van der Waals surface area (Å²) in [5.74, 6) is 0. The van der Waals surface area contributed by atoms with Gasteiger partial charge in [-0.1, -0.05) is 24.3 Å². The highest BCUT2D eigenvalue weighted by atomic mass is 35.5. The van der Waals surface area contributed by atoms with E-state index >= 15 is 0 Å². The summed E-state index contributed by atoms with van der Waals surface area (Å²) in [5, 5.41) is 4.11. The van der Waals surface area contributed by atoms with Crippen molar-refractivity contribution < 1.29 is 0 Å². The van der Waals surface area contributed by atoms with Gasteiger partial charge in [0, 0.05) is 0 Å². The molecule has 0 unspecified atom stereocenters. The highest BCUT2D eigenvalue weighted by Crippen LogP contribution is 2.04. The molecule has 4 heteroatoms. The van der Waals surface area contributed by atoms with Crippen LogP contribution < -0.4 is 9.55 Å². The zero-order chi connectivity index (χ0) is 8.39. The molecule has 0 fully saturated rings. The molecule has 0 nitrogen and oxygen atoms in total. The van der Waals surface area contributed by atoms with Crippen LogP contribution >= 0.6 is 34.1 Å². The Morgan fingerprint density at radius 2 is 1.50 bits per heavy atom. The largest absolute Gasteiger partial charge is 0.335 e. The second kappa shape index (κ2) is 3.65. The van der Waals surface area contributed by atoms with Crippen molar-refractivity contribution in [3.8, 4) is 0 Å². The molecule has 0 aliphatic rings. The predicted molar refractivity (Wildman–Crippen MR) is 59.5 cm³/mol. The minimum atomic E-state index is 0.0463. The van der Waals surface area contributed by atoms with Crippen molar-refractivity contribution in [3.05, 3.63) is 35.0 Å². The van der Waals surface area contributed by atoms with E-state index in [4.69, 9.17) is 11.5 Å². The molecule has 0 aliphatic heterocycles. The van der Waals surface area contributed by atoms with Crippen molar-refractivity contribution in [2.45, 2.75) is 0 Å². The van der Waals surface area contributed by atoms with E-state index in [1.54, 1.807) is 22.7 Å². The molecular formula is C8H6BClS2. The van der Waals surface area contributed by atoms with Crippen LogP contribution in [0.3, 0.4) is 0 Å². The summed E-state index contributed by atoms with van der Waals surface area (Å²) in [6.07, 6.45) is 0.0463. The molecule has 0 radical (unpaired) electrons. The molecule has 12 heavy (non-hydrogen) atoms. The van der Waals surface area contributed by atoms with E-state index < -0.39 is 0 Å². The van der Waals surface area contributed by atoms with E-state index in [0.717, 1.165) is 0 Å². The fourth-order valence-corrected chi connectivity index (χ4v) is 2.98. The zero-order valence-electron chi connectivity index (χ0n) is 6.24. The molecule has 0 N–H and O–H groups in total. The van der Waals surface area contributed by atoms with Crippen LogP contribution in [0.25, 0.3) is 0 Å². The lowest BCUT2D eigenvalue weighted by molar-refractivity contribution is 2.04. The van der Waals surface area contributed by atoms with E-state index in [0.29, 0.717) is 0 Å². The van der Waals surface area contributed by atoms with Gasteiger partial charge in [0.2, 0.25) is 0 Å². The normalized spacial score (nSPS) is 10.1. The van der Waals surface area contributed by atoms with Gasteiger partial charge in [0.15, 0.2) is 0 Å². The third kappa shape index (κ3) is 1.58. The van der Waals surface area contributed by atoms with E-state index in [2.05, 4.69) is 22.9 Å². The summed E-state index contributed by atoms with van der Waals surface area (Å²) in [5.41, 5.74) is 0. The average molecular weight is 213 g/mol. The molecule has 0 bridgehead atoms. The van der Waals surface area contributed by atoms with Crippen molar-refractivity contribution in [2.24, 2.45) is 0 Å². The third-order valence-electron chi connectivity index (χ3n) is 1.59. The monoisotopic (exact) mass is 212 g/mol. The topological polar surface area (TPSA) is 0 Å². The quantitative estimate of drug-likeness (QED) is 0.669. The van der Waals surface area contributed by atoms with Gasteiger partial charge in [0.05, 0.1) is 0 Å². The van der Waals surface area contributed by atoms with Crippen LogP contribution in [-0.2, 0) is 0 Å². The number of hydrogen-bond acceptors (Lipinski definition) is 2. The highest BCUT2D eigenvalue weighted by molar-refractivity contribution is 7.42. The van der Waals surface area contributed by atoms with Crippen LogP contribution in [0, 0.1) is 0 Å². The first-order valence-corrected chi connectivity index (χ1v) is 5.78. The number of thiophene rings is 2. The molecule has 0 aromatic carbocycles. The maximum atomic E-state index is 6.24. The molecule has 60 valence electrons. The molecule has 0 atom stereocenters. The maximum Gasteiger partial charge on any atom is 0.335 e. The van der Waals surface area contributed by atoms with Crippen LogP contribution in [0.2, 0.25) is 0 Å². The fraction of sp³-hybridized carbons (Fsp3) is 0. The molecule has 2 heterocycles. The molecule has 2 aromatic heterocycles. The molecule has 0 spiro atoms. The summed E-state index contributed by atoms with van der Waals surface area (Å²) >= 11 is 9.64. The SMILES string of the molecule is ClB(c1cccs1)c1cccs1. The van der Waals surface area contributed by atoms with E-state index in [1.807, 2.05) is 12.1 Å². The number of rotatable bonds is 2. The van der Waals surface area contributed by atoms with Crippen molar-refractivity contribution in [1.29, 1.82) is 0 Å². The lowest BCUT2D eigenvalue weighted by Gasteiger charge is -1.97. The summed E-state index contributed by atoms with van der Waals surface area (Å²) in [6, 6.07) is 8.20. The van der Waals surface area contributed by atoms with E-state index in [-0.39, 0.29) is 6.13 Å². The molecule has 0 saturated carbocycles. The predicted octanol–water partition coefficient (Wildman–Crippen LogP) is 2.15. The van der Waals surface area contributed by atoms with Crippen LogP contribution in [0.15, 0.2) is 35.0 Å². The Morgan fingerprint density at radius 1 is 1.00 bits per heavy atom. The van der Waals surface area contributed by atoms with Crippen LogP contribution in [-0.4, -0.2) is 6.13 Å². The van der Waals surface area contributed by atoms with Crippen molar-refractivity contribution >= 4 is 49.8 Å². The standard InChI is InChI=1S/C8H6BClS2/c10-9(7-3-1-5-11-7)8-4-2-6-12-8/h1-6H. The second-order valence-electron chi connectivity index (χ2n) is 2.39. The van der Waals surface area contributed by atoms with Gasteiger partial charge < -0.3 is 0 Å². The first-order valence-electron chi connectivity index (χ1n) is 3.59. The average Bonchev–Trinajstić information content (AvgIpc) is 2.77. The van der Waals surface area contributed by atoms with Gasteiger partial charge in [-0.05, 0) is 20.3 Å². The van der Waals surface area contributed by atoms with Crippen molar-refractivity contribution in [2.75, 3.05) is 0 Å². The second-order valence-corrected chi connectivity index (χ2v) is 4.79. The van der Waals surface area contributed by atoms with E-state index in [1.165, 1.54) is 9.55 Å². The molecule has 0 aliphatic carbocycles. The van der Waals surface area contributed by atoms with Crippen LogP contribution in [0.1, 0.15) is 0 Å². The number of halogens is 1. The fourth-order valence-electron chi connectivity index (χ4n) is 1.01. The molecule has 2 aromatic rings.